The number of nitrogens with two attached hydrogens (primary N) is 4. The number of guanidine groups is 3. The van der Waals surface area contributed by atoms with Crippen LogP contribution in [0.3, 0.4) is 0 Å². The first kappa shape index (κ1) is 40.6. The lowest BCUT2D eigenvalue weighted by molar-refractivity contribution is -0.137. The van der Waals surface area contributed by atoms with E-state index in [0.717, 1.165) is 0 Å². The van der Waals surface area contributed by atoms with Gasteiger partial charge in [0, 0.05) is 19.6 Å². The molecule has 20 N–H and O–H groups in total. The van der Waals surface area contributed by atoms with E-state index in [4.69, 9.17) is 44.3 Å². The van der Waals surface area contributed by atoms with Crippen molar-refractivity contribution in [2.45, 2.75) is 56.7 Å². The van der Waals surface area contributed by atoms with E-state index in [0.29, 0.717) is 13.0 Å². The van der Waals surface area contributed by atoms with Gasteiger partial charge in [0.25, 0.3) is 0 Å². The Morgan fingerprint density at radius 3 is 1.39 bits per heavy atom. The maximum Gasteiger partial charge on any atom is 0.322 e. The lowest BCUT2D eigenvalue weighted by Crippen LogP contribution is -2.56. The second kappa shape index (κ2) is 23.0. The van der Waals surface area contributed by atoms with Crippen molar-refractivity contribution < 1.29 is 33.9 Å². The monoisotopic (exact) mass is 657 g/mol. The minimum absolute atomic E-state index is 0.0340. The SMILES string of the molecule is N=C(N)NCCC[C@H](NC(=O)[C@H](CCCNC(=N)N)NC(=O)[C@@H](N)CCCNC(=N)N)C(=O)NCC(=O)NCC(=O)NCC(=O)O. The van der Waals surface area contributed by atoms with Gasteiger partial charge in [0.15, 0.2) is 17.9 Å². The molecular weight excluding hydrogens is 610 g/mol. The topological polar surface area (TPSA) is 395 Å². The Hall–Kier alpha value is -5.41. The van der Waals surface area contributed by atoms with Crippen LogP contribution in [0.25, 0.3) is 0 Å². The van der Waals surface area contributed by atoms with Crippen LogP contribution in [0, 0.1) is 16.2 Å². The molecule has 0 spiro atoms. The van der Waals surface area contributed by atoms with E-state index in [1.54, 1.807) is 0 Å². The van der Waals surface area contributed by atoms with Crippen LogP contribution in [0.4, 0.5) is 0 Å². The molecule has 3 atom stereocenters. The van der Waals surface area contributed by atoms with Crippen LogP contribution in [-0.2, 0) is 28.8 Å². The van der Waals surface area contributed by atoms with Gasteiger partial charge in [-0.1, -0.05) is 0 Å². The summed E-state index contributed by atoms with van der Waals surface area (Å²) in [6, 6.07) is -3.35. The Balaban J connectivity index is 5.45. The summed E-state index contributed by atoms with van der Waals surface area (Å²) in [5, 5.41) is 49.8. The number of nitrogens with one attached hydrogen (secondary N) is 11. The van der Waals surface area contributed by atoms with Crippen LogP contribution < -0.4 is 65.5 Å². The minimum atomic E-state index is -1.27. The molecule has 22 heteroatoms. The highest BCUT2D eigenvalue weighted by molar-refractivity contribution is 5.94. The maximum atomic E-state index is 13.3. The first-order valence-corrected chi connectivity index (χ1v) is 14.2. The standard InChI is InChI=1S/C24H47N15O7/c25-13(4-1-7-32-22(26)27)19(44)38-15(6-3-9-34-24(30)31)21(46)39-14(5-2-8-33-23(28)29)20(45)37-11-17(41)35-10-16(40)36-12-18(42)43/h13-15H,1-12,25H2,(H,35,41)(H,36,40)(H,37,45)(H,38,44)(H,39,46)(H,42,43)(H4,26,27,32)(H4,28,29,33)(H4,30,31,34)/t13-,14-,15-/m0/s1. The van der Waals surface area contributed by atoms with Crippen LogP contribution in [-0.4, -0.2) is 116 Å². The molecule has 0 aliphatic heterocycles. The molecule has 0 radical (unpaired) electrons. The zero-order chi connectivity index (χ0) is 35.1. The van der Waals surface area contributed by atoms with E-state index in [9.17, 15) is 28.8 Å². The fourth-order valence-corrected chi connectivity index (χ4v) is 3.59. The van der Waals surface area contributed by atoms with Crippen molar-refractivity contribution in [3.05, 3.63) is 0 Å². The molecule has 0 fully saturated rings. The largest absolute Gasteiger partial charge is 0.480 e. The molecule has 0 rings (SSSR count). The molecule has 260 valence electrons. The van der Waals surface area contributed by atoms with Gasteiger partial charge >= 0.3 is 5.97 Å². The van der Waals surface area contributed by atoms with Gasteiger partial charge in [-0.3, -0.25) is 45.0 Å². The number of rotatable bonds is 23. The van der Waals surface area contributed by atoms with E-state index >= 15 is 0 Å². The molecule has 0 aliphatic rings. The van der Waals surface area contributed by atoms with Crippen LogP contribution in [0.15, 0.2) is 0 Å². The fraction of sp³-hybridized carbons (Fsp3) is 0.625. The molecule has 0 heterocycles. The van der Waals surface area contributed by atoms with Gasteiger partial charge in [0.1, 0.15) is 18.6 Å². The quantitative estimate of drug-likeness (QED) is 0.0276. The minimum Gasteiger partial charge on any atom is -0.480 e. The van der Waals surface area contributed by atoms with Crippen molar-refractivity contribution in [2.24, 2.45) is 22.9 Å². The Morgan fingerprint density at radius 1 is 0.543 bits per heavy atom. The molecule has 0 unspecified atom stereocenters. The van der Waals surface area contributed by atoms with E-state index < -0.39 is 73.3 Å². The third kappa shape index (κ3) is 21.3. The number of hydrogen-bond donors (Lipinski definition) is 16. The second-order valence-electron chi connectivity index (χ2n) is 9.84. The average molecular weight is 658 g/mol. The molecule has 0 aromatic carbocycles. The Bertz CT molecular complexity index is 1090. The first-order chi connectivity index (χ1) is 21.6. The highest BCUT2D eigenvalue weighted by Crippen LogP contribution is 2.04. The lowest BCUT2D eigenvalue weighted by atomic mass is 10.1. The van der Waals surface area contributed by atoms with Gasteiger partial charge in [-0.05, 0) is 38.5 Å². The van der Waals surface area contributed by atoms with Crippen molar-refractivity contribution >= 4 is 53.4 Å². The third-order valence-corrected chi connectivity index (χ3v) is 5.89. The number of carboxylic acids is 1. The number of carbonyl (C=O) groups is 6. The summed E-state index contributed by atoms with van der Waals surface area (Å²) < 4.78 is 0. The van der Waals surface area contributed by atoms with Crippen LogP contribution >= 0.6 is 0 Å². The summed E-state index contributed by atoms with van der Waals surface area (Å²) in [6.07, 6.45) is 1.27. The van der Waals surface area contributed by atoms with Crippen molar-refractivity contribution in [1.82, 2.24) is 42.5 Å². The van der Waals surface area contributed by atoms with Crippen LogP contribution in [0.2, 0.25) is 0 Å². The summed E-state index contributed by atoms with van der Waals surface area (Å²) in [5.74, 6) is -5.75. The van der Waals surface area contributed by atoms with Crippen molar-refractivity contribution in [3.8, 4) is 0 Å². The smallest absolute Gasteiger partial charge is 0.322 e. The van der Waals surface area contributed by atoms with Gasteiger partial charge < -0.3 is 70.6 Å². The lowest BCUT2D eigenvalue weighted by Gasteiger charge is -2.24. The highest BCUT2D eigenvalue weighted by Gasteiger charge is 2.28. The summed E-state index contributed by atoms with van der Waals surface area (Å²) in [5.41, 5.74) is 21.8. The fourth-order valence-electron chi connectivity index (χ4n) is 3.59. The first-order valence-electron chi connectivity index (χ1n) is 14.2. The molecule has 0 saturated carbocycles. The zero-order valence-electron chi connectivity index (χ0n) is 25.4. The van der Waals surface area contributed by atoms with Crippen molar-refractivity contribution in [3.63, 3.8) is 0 Å². The van der Waals surface area contributed by atoms with Crippen molar-refractivity contribution in [2.75, 3.05) is 39.3 Å². The van der Waals surface area contributed by atoms with Crippen LogP contribution in [0.5, 0.6) is 0 Å². The molecule has 46 heavy (non-hydrogen) atoms. The molecule has 0 aromatic rings. The molecule has 22 nitrogen and oxygen atoms in total. The molecule has 0 aliphatic carbocycles. The summed E-state index contributed by atoms with van der Waals surface area (Å²) in [7, 11) is 0. The van der Waals surface area contributed by atoms with Gasteiger partial charge in [-0.25, -0.2) is 0 Å². The van der Waals surface area contributed by atoms with Gasteiger partial charge in [0.05, 0.1) is 19.1 Å². The third-order valence-electron chi connectivity index (χ3n) is 5.89. The summed E-state index contributed by atoms with van der Waals surface area (Å²) in [4.78, 5) is 73.3. The Labute approximate surface area is 265 Å². The van der Waals surface area contributed by atoms with Gasteiger partial charge in [0.2, 0.25) is 29.5 Å². The normalized spacial score (nSPS) is 12.2. The van der Waals surface area contributed by atoms with Crippen LogP contribution in [0.1, 0.15) is 38.5 Å². The highest BCUT2D eigenvalue weighted by atomic mass is 16.4. The number of carboxylic acid groups (broad SMARTS) is 1. The Morgan fingerprint density at radius 2 is 0.935 bits per heavy atom. The van der Waals surface area contributed by atoms with E-state index in [2.05, 4.69) is 42.5 Å². The van der Waals surface area contributed by atoms with E-state index in [1.165, 1.54) is 0 Å². The summed E-state index contributed by atoms with van der Waals surface area (Å²) >= 11 is 0. The molecule has 0 saturated heterocycles. The maximum absolute atomic E-state index is 13.3. The second-order valence-corrected chi connectivity index (χ2v) is 9.84. The van der Waals surface area contributed by atoms with Gasteiger partial charge in [-0.2, -0.15) is 0 Å². The number of aliphatic carboxylic acids is 1. The van der Waals surface area contributed by atoms with E-state index in [1.807, 2.05) is 0 Å². The predicted octanol–water partition coefficient (Wildman–Crippen LogP) is -6.49. The van der Waals surface area contributed by atoms with Gasteiger partial charge in [-0.15, -0.1) is 0 Å². The van der Waals surface area contributed by atoms with E-state index in [-0.39, 0.29) is 63.1 Å². The molecular formula is C24H47N15O7. The Kier molecular flexibility index (Phi) is 20.3. The summed E-state index contributed by atoms with van der Waals surface area (Å²) in [6.45, 7) is -1.04. The number of amides is 5. The molecule has 5 amide bonds. The zero-order valence-corrected chi connectivity index (χ0v) is 25.4. The predicted molar refractivity (Wildman–Crippen MR) is 166 cm³/mol. The average Bonchev–Trinajstić information content (AvgIpc) is 2.98. The molecule has 0 bridgehead atoms. The van der Waals surface area contributed by atoms with Crippen molar-refractivity contribution in [1.29, 1.82) is 16.2 Å². The molecule has 0 aromatic heterocycles. The number of carbonyl (C=O) groups excluding carboxylic acids is 5. The number of hydrogen-bond acceptors (Lipinski definition) is 10.